The molecule has 1 heterocycles. The third-order valence-electron chi connectivity index (χ3n) is 3.15. The smallest absolute Gasteiger partial charge is 0.344 e. The number of hydrogen-bond acceptors (Lipinski definition) is 6. The highest BCUT2D eigenvalue weighted by molar-refractivity contribution is 6.30. The number of pyridine rings is 1. The first-order chi connectivity index (χ1) is 12.5. The van der Waals surface area contributed by atoms with Gasteiger partial charge in [0.15, 0.2) is 24.2 Å². The largest absolute Gasteiger partial charge is 0.490 e. The highest BCUT2D eigenvalue weighted by atomic mass is 35.5. The summed E-state index contributed by atoms with van der Waals surface area (Å²) < 4.78 is 15.9. The van der Waals surface area contributed by atoms with Gasteiger partial charge in [-0.15, -0.1) is 0 Å². The van der Waals surface area contributed by atoms with Crippen LogP contribution in [0.25, 0.3) is 0 Å². The standard InChI is InChI=1S/C18H19ClN2O5/c1-3-24-14-6-4-5-7-15(14)25-11-17(22)26-12(2)18(23)21-16-9-8-13(19)10-20-16/h4-10,12H,3,11H2,1-2H3,(H,20,21,23)/t12-/m1/s1. The molecular formula is C18H19ClN2O5. The van der Waals surface area contributed by atoms with Crippen LogP contribution < -0.4 is 14.8 Å². The Morgan fingerprint density at radius 1 is 1.15 bits per heavy atom. The predicted octanol–water partition coefficient (Wildman–Crippen LogP) is 3.08. The number of benzene rings is 1. The van der Waals surface area contributed by atoms with Gasteiger partial charge in [0.25, 0.3) is 5.91 Å². The second-order valence-corrected chi connectivity index (χ2v) is 5.59. The van der Waals surface area contributed by atoms with E-state index in [0.717, 1.165) is 0 Å². The van der Waals surface area contributed by atoms with E-state index >= 15 is 0 Å². The third-order valence-corrected chi connectivity index (χ3v) is 3.37. The van der Waals surface area contributed by atoms with Gasteiger partial charge in [0, 0.05) is 6.20 Å². The van der Waals surface area contributed by atoms with E-state index in [-0.39, 0.29) is 6.61 Å². The van der Waals surface area contributed by atoms with Gasteiger partial charge in [-0.25, -0.2) is 9.78 Å². The van der Waals surface area contributed by atoms with Crippen LogP contribution >= 0.6 is 11.6 Å². The quantitative estimate of drug-likeness (QED) is 0.710. The number of hydrogen-bond donors (Lipinski definition) is 1. The van der Waals surface area contributed by atoms with E-state index in [1.54, 1.807) is 36.4 Å². The van der Waals surface area contributed by atoms with E-state index in [0.29, 0.717) is 28.9 Å². The minimum atomic E-state index is -1.01. The maximum atomic E-state index is 12.0. The molecular weight excluding hydrogens is 360 g/mol. The van der Waals surface area contributed by atoms with Crippen LogP contribution in [0.4, 0.5) is 5.82 Å². The second-order valence-electron chi connectivity index (χ2n) is 5.15. The molecule has 0 saturated heterocycles. The highest BCUT2D eigenvalue weighted by Crippen LogP contribution is 2.26. The maximum absolute atomic E-state index is 12.0. The first kappa shape index (κ1) is 19.5. The van der Waals surface area contributed by atoms with E-state index in [4.69, 9.17) is 25.8 Å². The summed E-state index contributed by atoms with van der Waals surface area (Å²) in [4.78, 5) is 27.9. The van der Waals surface area contributed by atoms with Crippen molar-refractivity contribution in [1.82, 2.24) is 4.98 Å². The van der Waals surface area contributed by atoms with Crippen LogP contribution in [0.1, 0.15) is 13.8 Å². The first-order valence-electron chi connectivity index (χ1n) is 7.96. The van der Waals surface area contributed by atoms with Crippen LogP contribution in [0.3, 0.4) is 0 Å². The maximum Gasteiger partial charge on any atom is 0.344 e. The van der Waals surface area contributed by atoms with Crippen molar-refractivity contribution in [3.8, 4) is 11.5 Å². The number of carbonyl (C=O) groups is 2. The van der Waals surface area contributed by atoms with E-state index in [9.17, 15) is 9.59 Å². The van der Waals surface area contributed by atoms with Gasteiger partial charge in [0.1, 0.15) is 5.82 Å². The molecule has 0 aliphatic heterocycles. The van der Waals surface area contributed by atoms with E-state index in [1.807, 2.05) is 6.92 Å². The summed E-state index contributed by atoms with van der Waals surface area (Å²) in [7, 11) is 0. The summed E-state index contributed by atoms with van der Waals surface area (Å²) in [6.45, 7) is 3.43. The van der Waals surface area contributed by atoms with Gasteiger partial charge in [0.05, 0.1) is 11.6 Å². The molecule has 0 fully saturated rings. The van der Waals surface area contributed by atoms with Gasteiger partial charge in [-0.1, -0.05) is 23.7 Å². The molecule has 2 rings (SSSR count). The normalized spacial score (nSPS) is 11.3. The number of aromatic nitrogens is 1. The highest BCUT2D eigenvalue weighted by Gasteiger charge is 2.19. The fraction of sp³-hybridized carbons (Fsp3) is 0.278. The Bertz CT molecular complexity index is 752. The summed E-state index contributed by atoms with van der Waals surface area (Å²) in [5, 5.41) is 2.98. The fourth-order valence-corrected chi connectivity index (χ4v) is 2.05. The number of amides is 1. The van der Waals surface area contributed by atoms with Crippen LogP contribution in [0.2, 0.25) is 5.02 Å². The summed E-state index contributed by atoms with van der Waals surface area (Å²) in [5.74, 6) is 0.0752. The molecule has 1 amide bonds. The van der Waals surface area contributed by atoms with Crippen LogP contribution in [-0.2, 0) is 14.3 Å². The van der Waals surface area contributed by atoms with Crippen molar-refractivity contribution in [2.24, 2.45) is 0 Å². The Hall–Kier alpha value is -2.80. The molecule has 7 nitrogen and oxygen atoms in total. The summed E-state index contributed by atoms with van der Waals surface area (Å²) in [6, 6.07) is 10.1. The van der Waals surface area contributed by atoms with Gasteiger partial charge in [-0.3, -0.25) is 4.79 Å². The number of esters is 1. The molecule has 1 aromatic heterocycles. The van der Waals surface area contributed by atoms with Crippen LogP contribution in [0.5, 0.6) is 11.5 Å². The first-order valence-corrected chi connectivity index (χ1v) is 8.34. The predicted molar refractivity (Wildman–Crippen MR) is 96.5 cm³/mol. The number of carbonyl (C=O) groups excluding carboxylic acids is 2. The molecule has 0 unspecified atom stereocenters. The van der Waals surface area contributed by atoms with Crippen LogP contribution in [-0.4, -0.2) is 36.2 Å². The number of nitrogens with zero attached hydrogens (tertiary/aromatic N) is 1. The number of anilines is 1. The van der Waals surface area contributed by atoms with Gasteiger partial charge in [-0.2, -0.15) is 0 Å². The number of halogens is 1. The fourth-order valence-electron chi connectivity index (χ4n) is 1.94. The minimum Gasteiger partial charge on any atom is -0.490 e. The molecule has 0 saturated carbocycles. The third kappa shape index (κ3) is 5.93. The van der Waals surface area contributed by atoms with E-state index < -0.39 is 18.0 Å². The van der Waals surface area contributed by atoms with Crippen molar-refractivity contribution < 1.29 is 23.8 Å². The van der Waals surface area contributed by atoms with Crippen LogP contribution in [0.15, 0.2) is 42.6 Å². The lowest BCUT2D eigenvalue weighted by atomic mass is 10.3. The van der Waals surface area contributed by atoms with Gasteiger partial charge < -0.3 is 19.5 Å². The number of nitrogens with one attached hydrogen (secondary N) is 1. The van der Waals surface area contributed by atoms with E-state index in [2.05, 4.69) is 10.3 Å². The molecule has 8 heteroatoms. The molecule has 1 N–H and O–H groups in total. The Balaban J connectivity index is 1.83. The Morgan fingerprint density at radius 2 is 1.85 bits per heavy atom. The zero-order valence-corrected chi connectivity index (χ0v) is 15.2. The molecule has 0 radical (unpaired) electrons. The average Bonchev–Trinajstić information content (AvgIpc) is 2.63. The Morgan fingerprint density at radius 3 is 2.46 bits per heavy atom. The summed E-state index contributed by atoms with van der Waals surface area (Å²) in [6.07, 6.45) is 0.392. The molecule has 2 aromatic rings. The molecule has 138 valence electrons. The van der Waals surface area contributed by atoms with Gasteiger partial charge in [-0.05, 0) is 38.1 Å². The molecule has 0 aliphatic carbocycles. The van der Waals surface area contributed by atoms with Crippen molar-refractivity contribution in [3.63, 3.8) is 0 Å². The number of rotatable bonds is 8. The Kier molecular flexibility index (Phi) is 7.23. The van der Waals surface area contributed by atoms with E-state index in [1.165, 1.54) is 13.1 Å². The number of ether oxygens (including phenoxy) is 3. The lowest BCUT2D eigenvalue weighted by molar-refractivity contribution is -0.155. The topological polar surface area (TPSA) is 86.8 Å². The summed E-state index contributed by atoms with van der Waals surface area (Å²) in [5.41, 5.74) is 0. The zero-order valence-electron chi connectivity index (χ0n) is 14.4. The van der Waals surface area contributed by atoms with Crippen LogP contribution in [0, 0.1) is 0 Å². The lowest BCUT2D eigenvalue weighted by Crippen LogP contribution is -2.31. The molecule has 0 aliphatic rings. The summed E-state index contributed by atoms with van der Waals surface area (Å²) >= 11 is 5.73. The molecule has 26 heavy (non-hydrogen) atoms. The Labute approximate surface area is 156 Å². The lowest BCUT2D eigenvalue weighted by Gasteiger charge is -2.14. The molecule has 1 atom stereocenters. The van der Waals surface area contributed by atoms with Crippen molar-refractivity contribution in [1.29, 1.82) is 0 Å². The monoisotopic (exact) mass is 378 g/mol. The van der Waals surface area contributed by atoms with Crippen molar-refractivity contribution >= 4 is 29.3 Å². The second kappa shape index (κ2) is 9.62. The average molecular weight is 379 g/mol. The minimum absolute atomic E-state index is 0.309. The van der Waals surface area contributed by atoms with Gasteiger partial charge >= 0.3 is 5.97 Å². The van der Waals surface area contributed by atoms with Crippen molar-refractivity contribution in [2.45, 2.75) is 20.0 Å². The molecule has 0 spiro atoms. The SMILES string of the molecule is CCOc1ccccc1OCC(=O)O[C@H](C)C(=O)Nc1ccc(Cl)cn1. The molecule has 1 aromatic carbocycles. The zero-order chi connectivity index (χ0) is 18.9. The molecule has 0 bridgehead atoms. The van der Waals surface area contributed by atoms with Crippen molar-refractivity contribution in [2.75, 3.05) is 18.5 Å². The van der Waals surface area contributed by atoms with Crippen molar-refractivity contribution in [3.05, 3.63) is 47.6 Å². The van der Waals surface area contributed by atoms with Gasteiger partial charge in [0.2, 0.25) is 0 Å². The number of para-hydroxylation sites is 2.